The van der Waals surface area contributed by atoms with E-state index < -0.39 is 0 Å². The average molecular weight is 515 g/mol. The molecule has 0 aliphatic carbocycles. The Bertz CT molecular complexity index is 1210. The zero-order chi connectivity index (χ0) is 26.9. The lowest BCUT2D eigenvalue weighted by Crippen LogP contribution is -2.07. The van der Waals surface area contributed by atoms with Crippen LogP contribution in [-0.2, 0) is 13.2 Å². The van der Waals surface area contributed by atoms with Crippen molar-refractivity contribution in [2.45, 2.75) is 13.2 Å². The first kappa shape index (κ1) is 26.4. The molecule has 0 atom stereocenters. The van der Waals surface area contributed by atoms with Gasteiger partial charge in [0.15, 0.2) is 28.8 Å². The van der Waals surface area contributed by atoms with Gasteiger partial charge in [0.05, 0.1) is 28.4 Å². The third kappa shape index (κ3) is 6.00. The lowest BCUT2D eigenvalue weighted by atomic mass is 10.0. The van der Waals surface area contributed by atoms with Gasteiger partial charge in [-0.3, -0.25) is 4.79 Å². The molecular formula is C31H30O7. The Morgan fingerprint density at radius 1 is 0.526 bits per heavy atom. The molecule has 0 heterocycles. The van der Waals surface area contributed by atoms with Crippen LogP contribution in [0.25, 0.3) is 0 Å². The van der Waals surface area contributed by atoms with Crippen molar-refractivity contribution < 1.29 is 33.2 Å². The standard InChI is InChI=1S/C31H30O7/c1-33-25-15-23(16-26(34-2)30(25)37-19-21-11-7-5-8-12-21)29(32)24-17-27(35-3)31(28(18-24)36-4)38-20-22-13-9-6-10-14-22/h5-18H,19-20H2,1-4H3. The number of hydrogen-bond donors (Lipinski definition) is 0. The van der Waals surface area contributed by atoms with Crippen molar-refractivity contribution in [1.29, 1.82) is 0 Å². The number of carbonyl (C=O) groups excluding carboxylic acids is 1. The van der Waals surface area contributed by atoms with E-state index in [4.69, 9.17) is 28.4 Å². The average Bonchev–Trinajstić information content (AvgIpc) is 2.98. The van der Waals surface area contributed by atoms with E-state index in [9.17, 15) is 4.79 Å². The summed E-state index contributed by atoms with van der Waals surface area (Å²) in [7, 11) is 6.07. The van der Waals surface area contributed by atoms with Crippen LogP contribution in [0.1, 0.15) is 27.0 Å². The van der Waals surface area contributed by atoms with Crippen LogP contribution in [0.15, 0.2) is 84.9 Å². The molecule has 0 N–H and O–H groups in total. The summed E-state index contributed by atoms with van der Waals surface area (Å²) >= 11 is 0. The van der Waals surface area contributed by atoms with Gasteiger partial charge < -0.3 is 28.4 Å². The molecule has 4 aromatic carbocycles. The molecule has 7 nitrogen and oxygen atoms in total. The second-order valence-electron chi connectivity index (χ2n) is 8.30. The summed E-state index contributed by atoms with van der Waals surface area (Å²) < 4.78 is 34.3. The number of hydrogen-bond acceptors (Lipinski definition) is 7. The van der Waals surface area contributed by atoms with Crippen LogP contribution < -0.4 is 28.4 Å². The third-order valence-corrected chi connectivity index (χ3v) is 5.90. The zero-order valence-electron chi connectivity index (χ0n) is 21.9. The number of carbonyl (C=O) groups is 1. The smallest absolute Gasteiger partial charge is 0.203 e. The van der Waals surface area contributed by atoms with E-state index in [0.29, 0.717) is 58.8 Å². The van der Waals surface area contributed by atoms with Crippen molar-refractivity contribution in [2.75, 3.05) is 28.4 Å². The number of benzene rings is 4. The fourth-order valence-electron chi connectivity index (χ4n) is 3.93. The van der Waals surface area contributed by atoms with E-state index in [2.05, 4.69) is 0 Å². The highest BCUT2D eigenvalue weighted by atomic mass is 16.5. The van der Waals surface area contributed by atoms with Crippen molar-refractivity contribution in [3.63, 3.8) is 0 Å². The highest BCUT2D eigenvalue weighted by molar-refractivity contribution is 6.10. The van der Waals surface area contributed by atoms with Crippen molar-refractivity contribution >= 4 is 5.78 Å². The van der Waals surface area contributed by atoms with Crippen LogP contribution in [0, 0.1) is 0 Å². The quantitative estimate of drug-likeness (QED) is 0.211. The van der Waals surface area contributed by atoms with Gasteiger partial charge in [0, 0.05) is 11.1 Å². The van der Waals surface area contributed by atoms with E-state index in [0.717, 1.165) is 11.1 Å². The summed E-state index contributed by atoms with van der Waals surface area (Å²) in [5.74, 6) is 2.07. The van der Waals surface area contributed by atoms with Crippen molar-refractivity contribution in [3.05, 3.63) is 107 Å². The maximum absolute atomic E-state index is 13.6. The zero-order valence-corrected chi connectivity index (χ0v) is 21.9. The van der Waals surface area contributed by atoms with Crippen LogP contribution in [0.5, 0.6) is 34.5 Å². The van der Waals surface area contributed by atoms with Gasteiger partial charge in [-0.25, -0.2) is 0 Å². The Kier molecular flexibility index (Phi) is 8.72. The van der Waals surface area contributed by atoms with Gasteiger partial charge in [-0.05, 0) is 35.4 Å². The molecule has 4 aromatic rings. The fraction of sp³-hybridized carbons (Fsp3) is 0.194. The van der Waals surface area contributed by atoms with Gasteiger partial charge in [-0.1, -0.05) is 60.7 Å². The van der Waals surface area contributed by atoms with Gasteiger partial charge in [0.1, 0.15) is 13.2 Å². The van der Waals surface area contributed by atoms with Gasteiger partial charge in [-0.2, -0.15) is 0 Å². The minimum atomic E-state index is -0.276. The lowest BCUT2D eigenvalue weighted by Gasteiger charge is -2.17. The predicted molar refractivity (Wildman–Crippen MR) is 144 cm³/mol. The highest BCUT2D eigenvalue weighted by Crippen LogP contribution is 2.42. The van der Waals surface area contributed by atoms with Crippen molar-refractivity contribution in [1.82, 2.24) is 0 Å². The first-order valence-electron chi connectivity index (χ1n) is 12.0. The predicted octanol–water partition coefficient (Wildman–Crippen LogP) is 6.11. The molecule has 4 rings (SSSR count). The number of ketones is 1. The Balaban J connectivity index is 1.63. The van der Waals surface area contributed by atoms with Crippen LogP contribution in [-0.4, -0.2) is 34.2 Å². The first-order valence-corrected chi connectivity index (χ1v) is 12.0. The summed E-state index contributed by atoms with van der Waals surface area (Å²) in [6, 6.07) is 26.0. The molecule has 38 heavy (non-hydrogen) atoms. The molecule has 0 aliphatic rings. The monoisotopic (exact) mass is 514 g/mol. The number of methoxy groups -OCH3 is 4. The van der Waals surface area contributed by atoms with Crippen LogP contribution in [0.4, 0.5) is 0 Å². The van der Waals surface area contributed by atoms with Crippen molar-refractivity contribution in [3.8, 4) is 34.5 Å². The largest absolute Gasteiger partial charge is 0.493 e. The fourth-order valence-corrected chi connectivity index (χ4v) is 3.93. The Labute approximate surface area is 222 Å². The molecule has 0 spiro atoms. The van der Waals surface area contributed by atoms with E-state index >= 15 is 0 Å². The minimum Gasteiger partial charge on any atom is -0.493 e. The topological polar surface area (TPSA) is 72.5 Å². The van der Waals surface area contributed by atoms with Crippen LogP contribution >= 0.6 is 0 Å². The molecule has 0 amide bonds. The molecule has 0 bridgehead atoms. The summed E-state index contributed by atoms with van der Waals surface area (Å²) in [5.41, 5.74) is 2.69. The van der Waals surface area contributed by atoms with Gasteiger partial charge in [0.2, 0.25) is 11.5 Å². The van der Waals surface area contributed by atoms with Gasteiger partial charge in [-0.15, -0.1) is 0 Å². The second kappa shape index (κ2) is 12.5. The summed E-state index contributed by atoms with van der Waals surface area (Å²) in [6.07, 6.45) is 0. The highest BCUT2D eigenvalue weighted by Gasteiger charge is 2.22. The maximum Gasteiger partial charge on any atom is 0.203 e. The molecule has 0 aliphatic heterocycles. The van der Waals surface area contributed by atoms with Gasteiger partial charge in [0.25, 0.3) is 0 Å². The molecule has 7 heteroatoms. The van der Waals surface area contributed by atoms with E-state index in [-0.39, 0.29) is 5.78 Å². The van der Waals surface area contributed by atoms with E-state index in [1.54, 1.807) is 24.3 Å². The maximum atomic E-state index is 13.6. The Morgan fingerprint density at radius 2 is 0.842 bits per heavy atom. The van der Waals surface area contributed by atoms with E-state index in [1.165, 1.54) is 28.4 Å². The lowest BCUT2D eigenvalue weighted by molar-refractivity contribution is 0.103. The number of rotatable bonds is 12. The second-order valence-corrected chi connectivity index (χ2v) is 8.30. The molecule has 0 fully saturated rings. The molecule has 0 aromatic heterocycles. The summed E-state index contributed by atoms with van der Waals surface area (Å²) in [4.78, 5) is 13.6. The third-order valence-electron chi connectivity index (χ3n) is 5.90. The van der Waals surface area contributed by atoms with Crippen LogP contribution in [0.2, 0.25) is 0 Å². The first-order chi connectivity index (χ1) is 18.6. The molecule has 0 saturated heterocycles. The van der Waals surface area contributed by atoms with Gasteiger partial charge >= 0.3 is 0 Å². The van der Waals surface area contributed by atoms with E-state index in [1.807, 2.05) is 60.7 Å². The SMILES string of the molecule is COc1cc(C(=O)c2cc(OC)c(OCc3ccccc3)c(OC)c2)cc(OC)c1OCc1ccccc1. The molecule has 0 saturated carbocycles. The Hall–Kier alpha value is -4.65. The normalized spacial score (nSPS) is 10.4. The molecule has 0 radical (unpaired) electrons. The molecule has 196 valence electrons. The summed E-state index contributed by atoms with van der Waals surface area (Å²) in [5, 5.41) is 0. The number of ether oxygens (including phenoxy) is 6. The van der Waals surface area contributed by atoms with Crippen molar-refractivity contribution in [2.24, 2.45) is 0 Å². The molecule has 0 unspecified atom stereocenters. The van der Waals surface area contributed by atoms with Crippen LogP contribution in [0.3, 0.4) is 0 Å². The molecular weight excluding hydrogens is 484 g/mol. The Morgan fingerprint density at radius 3 is 1.13 bits per heavy atom. The minimum absolute atomic E-state index is 0.276. The summed E-state index contributed by atoms with van der Waals surface area (Å²) in [6.45, 7) is 0.638.